The van der Waals surface area contributed by atoms with E-state index >= 15 is 0 Å². The van der Waals surface area contributed by atoms with Gasteiger partial charge in [-0.3, -0.25) is 0 Å². The van der Waals surface area contributed by atoms with Gasteiger partial charge in [0.25, 0.3) is 0 Å². The number of nitrogens with zero attached hydrogens (tertiary/aromatic N) is 1. The number of nitrogens with one attached hydrogen (secondary N) is 1. The van der Waals surface area contributed by atoms with Crippen molar-refractivity contribution in [3.8, 4) is 11.1 Å². The van der Waals surface area contributed by atoms with Crippen LogP contribution in [0.3, 0.4) is 0 Å². The third-order valence-corrected chi connectivity index (χ3v) is 4.67. The van der Waals surface area contributed by atoms with Gasteiger partial charge in [-0.25, -0.2) is 4.98 Å². The van der Waals surface area contributed by atoms with Gasteiger partial charge < -0.3 is 5.32 Å². The summed E-state index contributed by atoms with van der Waals surface area (Å²) in [6, 6.07) is 12.9. The Labute approximate surface area is 130 Å². The Morgan fingerprint density at radius 3 is 2.62 bits per heavy atom. The summed E-state index contributed by atoms with van der Waals surface area (Å²) in [6.45, 7) is 0. The summed E-state index contributed by atoms with van der Waals surface area (Å²) in [5, 5.41) is 3.63. The summed E-state index contributed by atoms with van der Waals surface area (Å²) in [7, 11) is 0. The molecule has 110 valence electrons. The van der Waals surface area contributed by atoms with Gasteiger partial charge in [0.2, 0.25) is 5.95 Å². The van der Waals surface area contributed by atoms with Gasteiger partial charge in [0.15, 0.2) is 0 Å². The molecule has 21 heavy (non-hydrogen) atoms. The highest BCUT2D eigenvalue weighted by Gasteiger charge is 2.39. The highest BCUT2D eigenvalue weighted by atomic mass is 35.5. The van der Waals surface area contributed by atoms with Gasteiger partial charge in [0.1, 0.15) is 0 Å². The maximum Gasteiger partial charge on any atom is 0.220 e. The molecule has 3 atom stereocenters. The summed E-state index contributed by atoms with van der Waals surface area (Å²) in [6.07, 6.45) is 5.38. The zero-order valence-corrected chi connectivity index (χ0v) is 12.4. The van der Waals surface area contributed by atoms with Crippen molar-refractivity contribution in [2.24, 2.45) is 0 Å². The van der Waals surface area contributed by atoms with Crippen LogP contribution in [0.15, 0.2) is 42.6 Å². The van der Waals surface area contributed by atoms with Crippen molar-refractivity contribution in [3.63, 3.8) is 0 Å². The SMILES string of the molecule is Cl.Fc1ncc([C@H]2C[C@@H]3CC[C@H]2N3)cc1-c1ccccc1. The van der Waals surface area contributed by atoms with Crippen LogP contribution < -0.4 is 5.32 Å². The molecule has 0 spiro atoms. The number of rotatable bonds is 2. The van der Waals surface area contributed by atoms with Gasteiger partial charge in [-0.1, -0.05) is 30.3 Å². The van der Waals surface area contributed by atoms with Crippen LogP contribution in [-0.4, -0.2) is 17.1 Å². The van der Waals surface area contributed by atoms with Gasteiger partial charge in [0.05, 0.1) is 0 Å². The lowest BCUT2D eigenvalue weighted by molar-refractivity contribution is 0.502. The number of fused-ring (bicyclic) bond motifs is 2. The molecule has 0 amide bonds. The second-order valence-corrected chi connectivity index (χ2v) is 5.86. The van der Waals surface area contributed by atoms with Gasteiger partial charge in [0, 0.05) is 29.8 Å². The van der Waals surface area contributed by atoms with Gasteiger partial charge in [-0.15, -0.1) is 12.4 Å². The van der Waals surface area contributed by atoms with Crippen LogP contribution in [0.2, 0.25) is 0 Å². The van der Waals surface area contributed by atoms with Gasteiger partial charge in [-0.05, 0) is 36.5 Å². The molecule has 1 aromatic carbocycles. The normalized spacial score (nSPS) is 26.6. The summed E-state index contributed by atoms with van der Waals surface area (Å²) in [4.78, 5) is 3.99. The van der Waals surface area contributed by atoms with E-state index in [2.05, 4.69) is 10.3 Å². The Kier molecular flexibility index (Phi) is 3.96. The van der Waals surface area contributed by atoms with Crippen molar-refractivity contribution in [2.45, 2.75) is 37.3 Å². The Morgan fingerprint density at radius 1 is 1.14 bits per heavy atom. The van der Waals surface area contributed by atoms with E-state index in [1.165, 1.54) is 18.4 Å². The minimum atomic E-state index is -0.379. The van der Waals surface area contributed by atoms with Gasteiger partial charge in [-0.2, -0.15) is 4.39 Å². The van der Waals surface area contributed by atoms with E-state index in [1.807, 2.05) is 36.4 Å². The standard InChI is InChI=1S/C17H17FN2.ClH/c18-17-15(11-4-2-1-3-5-11)8-12(10-19-17)14-9-13-6-7-16(14)20-13;/h1-5,8,10,13-14,16,20H,6-7,9H2;1H/t13-,14+,16+;/m0./s1. The van der Waals surface area contributed by atoms with Crippen LogP contribution in [0.5, 0.6) is 0 Å². The first-order valence-corrected chi connectivity index (χ1v) is 7.28. The first-order chi connectivity index (χ1) is 9.81. The molecule has 0 aliphatic carbocycles. The Hall–Kier alpha value is -1.45. The lowest BCUT2D eigenvalue weighted by atomic mass is 9.84. The van der Waals surface area contributed by atoms with Crippen molar-refractivity contribution in [1.29, 1.82) is 0 Å². The van der Waals surface area contributed by atoms with Crippen LogP contribution in [0.25, 0.3) is 11.1 Å². The Balaban J connectivity index is 0.00000132. The van der Waals surface area contributed by atoms with Gasteiger partial charge >= 0.3 is 0 Å². The van der Waals surface area contributed by atoms with Crippen molar-refractivity contribution in [1.82, 2.24) is 10.3 Å². The molecule has 0 radical (unpaired) electrons. The summed E-state index contributed by atoms with van der Waals surface area (Å²) in [5.74, 6) is 0.111. The van der Waals surface area contributed by atoms with Crippen LogP contribution >= 0.6 is 12.4 Å². The largest absolute Gasteiger partial charge is 0.311 e. The molecule has 1 N–H and O–H groups in total. The van der Waals surface area contributed by atoms with Crippen LogP contribution in [0, 0.1) is 5.95 Å². The first-order valence-electron chi connectivity index (χ1n) is 7.28. The van der Waals surface area contributed by atoms with Crippen LogP contribution in [0.1, 0.15) is 30.7 Å². The molecule has 2 aliphatic heterocycles. The molecule has 2 saturated heterocycles. The number of halogens is 2. The number of pyridine rings is 1. The zero-order chi connectivity index (χ0) is 13.5. The number of hydrogen-bond acceptors (Lipinski definition) is 2. The Morgan fingerprint density at radius 2 is 1.95 bits per heavy atom. The average molecular weight is 305 g/mol. The minimum Gasteiger partial charge on any atom is -0.311 e. The molecule has 1 aromatic heterocycles. The molecule has 2 nitrogen and oxygen atoms in total. The lowest BCUT2D eigenvalue weighted by Gasteiger charge is -2.20. The van der Waals surface area contributed by atoms with E-state index in [-0.39, 0.29) is 18.4 Å². The van der Waals surface area contributed by atoms with Crippen LogP contribution in [-0.2, 0) is 0 Å². The second-order valence-electron chi connectivity index (χ2n) is 5.86. The first kappa shape index (κ1) is 14.5. The molecule has 2 aliphatic rings. The summed E-state index contributed by atoms with van der Waals surface area (Å²) < 4.78 is 14.0. The molecule has 0 saturated carbocycles. The fourth-order valence-corrected chi connectivity index (χ4v) is 3.68. The van der Waals surface area contributed by atoms with E-state index in [9.17, 15) is 4.39 Å². The molecular formula is C17H18ClFN2. The van der Waals surface area contributed by atoms with E-state index < -0.39 is 0 Å². The third kappa shape index (κ3) is 2.56. The smallest absolute Gasteiger partial charge is 0.220 e. The summed E-state index contributed by atoms with van der Waals surface area (Å²) >= 11 is 0. The quantitative estimate of drug-likeness (QED) is 0.851. The number of benzene rings is 1. The Bertz CT molecular complexity index is 632. The molecule has 3 heterocycles. The van der Waals surface area contributed by atoms with Crippen molar-refractivity contribution in [3.05, 3.63) is 54.1 Å². The predicted octanol–water partition coefficient (Wildman–Crippen LogP) is 3.92. The molecule has 2 bridgehead atoms. The maximum absolute atomic E-state index is 14.0. The second kappa shape index (κ2) is 5.74. The van der Waals surface area contributed by atoms with E-state index in [1.54, 1.807) is 6.20 Å². The fraction of sp³-hybridized carbons (Fsp3) is 0.353. The van der Waals surface area contributed by atoms with E-state index in [0.717, 1.165) is 12.0 Å². The molecule has 0 unspecified atom stereocenters. The number of hydrogen-bond donors (Lipinski definition) is 1. The van der Waals surface area contributed by atoms with Crippen molar-refractivity contribution in [2.75, 3.05) is 0 Å². The number of aromatic nitrogens is 1. The zero-order valence-electron chi connectivity index (χ0n) is 11.6. The lowest BCUT2D eigenvalue weighted by Crippen LogP contribution is -2.21. The van der Waals surface area contributed by atoms with E-state index in [4.69, 9.17) is 0 Å². The predicted molar refractivity (Wildman–Crippen MR) is 84.2 cm³/mol. The fourth-order valence-electron chi connectivity index (χ4n) is 3.68. The maximum atomic E-state index is 14.0. The topological polar surface area (TPSA) is 24.9 Å². The molecule has 2 aromatic rings. The molecular weight excluding hydrogens is 287 g/mol. The third-order valence-electron chi connectivity index (χ3n) is 4.67. The monoisotopic (exact) mass is 304 g/mol. The minimum absolute atomic E-state index is 0. The molecule has 4 heteroatoms. The van der Waals surface area contributed by atoms with Crippen LogP contribution in [0.4, 0.5) is 4.39 Å². The van der Waals surface area contributed by atoms with E-state index in [0.29, 0.717) is 23.6 Å². The average Bonchev–Trinajstić information content (AvgIpc) is 3.11. The highest BCUT2D eigenvalue weighted by molar-refractivity contribution is 5.85. The van der Waals surface area contributed by atoms with Crippen molar-refractivity contribution < 1.29 is 4.39 Å². The van der Waals surface area contributed by atoms with Crippen molar-refractivity contribution >= 4 is 12.4 Å². The highest BCUT2D eigenvalue weighted by Crippen LogP contribution is 2.40. The molecule has 2 fully saturated rings. The molecule has 4 rings (SSSR count). The summed E-state index contributed by atoms with van der Waals surface area (Å²) in [5.41, 5.74) is 2.69.